The fourth-order valence-electron chi connectivity index (χ4n) is 6.01. The summed E-state index contributed by atoms with van der Waals surface area (Å²) in [6.45, 7) is 0.176. The summed E-state index contributed by atoms with van der Waals surface area (Å²) in [5, 5.41) is 10.4. The lowest BCUT2D eigenvalue weighted by Gasteiger charge is -2.49. The Hall–Kier alpha value is -4.98. The smallest absolute Gasteiger partial charge is 0.315 e. The van der Waals surface area contributed by atoms with Gasteiger partial charge in [-0.1, -0.05) is 54.6 Å². The van der Waals surface area contributed by atoms with Crippen molar-refractivity contribution in [2.45, 2.75) is 11.8 Å². The van der Waals surface area contributed by atoms with E-state index in [4.69, 9.17) is 23.7 Å². The number of hydrogen-bond donors (Lipinski definition) is 1. The Kier molecular flexibility index (Phi) is 6.97. The van der Waals surface area contributed by atoms with Crippen molar-refractivity contribution in [1.82, 2.24) is 0 Å². The van der Waals surface area contributed by atoms with Gasteiger partial charge in [0.15, 0.2) is 11.5 Å². The Balaban J connectivity index is 1.37. The highest BCUT2D eigenvalue weighted by Gasteiger charge is 2.60. The molecule has 4 aromatic rings. The van der Waals surface area contributed by atoms with Crippen LogP contribution in [0.15, 0.2) is 91.0 Å². The number of hydrogen-bond acceptors (Lipinski definition) is 7. The molecule has 4 atom stereocenters. The second-order valence-electron chi connectivity index (χ2n) is 9.94. The second-order valence-corrected chi connectivity index (χ2v) is 9.94. The van der Waals surface area contributed by atoms with Gasteiger partial charge < -0.3 is 28.8 Å². The van der Waals surface area contributed by atoms with Crippen LogP contribution in [0.3, 0.4) is 0 Å². The van der Waals surface area contributed by atoms with Crippen molar-refractivity contribution < 1.29 is 38.4 Å². The molecule has 2 aliphatic rings. The Labute approximate surface area is 237 Å². The van der Waals surface area contributed by atoms with Gasteiger partial charge >= 0.3 is 11.9 Å². The van der Waals surface area contributed by atoms with Crippen LogP contribution >= 0.6 is 0 Å². The van der Waals surface area contributed by atoms with Gasteiger partial charge in [-0.2, -0.15) is 0 Å². The van der Waals surface area contributed by atoms with Crippen LogP contribution in [0, 0.1) is 11.8 Å². The summed E-state index contributed by atoms with van der Waals surface area (Å²) in [5.41, 5.74) is 2.99. The zero-order chi connectivity index (χ0) is 28.5. The molecule has 6 rings (SSSR count). The van der Waals surface area contributed by atoms with Crippen LogP contribution in [0.4, 0.5) is 0 Å². The fraction of sp³-hybridized carbons (Fsp3) is 0.212. The van der Waals surface area contributed by atoms with Gasteiger partial charge in [-0.05, 0) is 58.7 Å². The Morgan fingerprint density at radius 2 is 1.32 bits per heavy atom. The van der Waals surface area contributed by atoms with E-state index in [1.54, 1.807) is 42.5 Å². The van der Waals surface area contributed by atoms with Gasteiger partial charge in [-0.25, -0.2) is 0 Å². The van der Waals surface area contributed by atoms with E-state index in [0.29, 0.717) is 39.9 Å². The number of esters is 1. The maximum absolute atomic E-state index is 14.0. The van der Waals surface area contributed by atoms with Crippen LogP contribution in [0.5, 0.6) is 28.7 Å². The topological polar surface area (TPSA) is 101 Å². The number of carboxylic acid groups (broad SMARTS) is 1. The Bertz CT molecular complexity index is 1560. The summed E-state index contributed by atoms with van der Waals surface area (Å²) >= 11 is 0. The first-order valence-corrected chi connectivity index (χ1v) is 13.2. The van der Waals surface area contributed by atoms with Crippen molar-refractivity contribution >= 4 is 11.9 Å². The second kappa shape index (κ2) is 10.9. The molecule has 1 N–H and O–H groups in total. The number of carbonyl (C=O) groups is 2. The highest BCUT2D eigenvalue weighted by Crippen LogP contribution is 2.60. The van der Waals surface area contributed by atoms with E-state index in [1.165, 1.54) is 14.2 Å². The first kappa shape index (κ1) is 26.3. The lowest BCUT2D eigenvalue weighted by molar-refractivity contribution is -0.158. The Morgan fingerprint density at radius 3 is 1.95 bits per heavy atom. The molecule has 1 heterocycles. The van der Waals surface area contributed by atoms with Crippen molar-refractivity contribution in [3.63, 3.8) is 0 Å². The van der Waals surface area contributed by atoms with Gasteiger partial charge in [0.25, 0.3) is 0 Å². The number of rotatable bonds is 8. The molecule has 1 fully saturated rings. The molecular weight excluding hydrogens is 524 g/mol. The van der Waals surface area contributed by atoms with E-state index in [9.17, 15) is 14.7 Å². The normalized spacial score (nSPS) is 20.5. The third-order valence-corrected chi connectivity index (χ3v) is 7.86. The molecule has 0 aromatic heterocycles. The van der Waals surface area contributed by atoms with Crippen LogP contribution in [0.25, 0.3) is 11.1 Å². The summed E-state index contributed by atoms with van der Waals surface area (Å²) in [7, 11) is 3.06. The minimum atomic E-state index is -1.01. The third kappa shape index (κ3) is 4.71. The molecule has 1 unspecified atom stereocenters. The lowest BCUT2D eigenvalue weighted by Crippen LogP contribution is -2.52. The molecule has 8 nitrogen and oxygen atoms in total. The van der Waals surface area contributed by atoms with Crippen molar-refractivity contribution in [3.8, 4) is 39.9 Å². The molecule has 208 valence electrons. The monoisotopic (exact) mass is 552 g/mol. The first-order valence-electron chi connectivity index (χ1n) is 13.2. The first-order chi connectivity index (χ1) is 20.0. The molecule has 0 amide bonds. The maximum Gasteiger partial charge on any atom is 0.315 e. The number of benzene rings is 4. The van der Waals surface area contributed by atoms with Gasteiger partial charge in [0, 0.05) is 11.8 Å². The standard InChI is InChI=1S/C33H28O8/c1-37-24-12-5-3-10-22(24)28-30(32(34)35)29(23-11-4-6-13-25(23)38-2)31(28)33(36)41-21-9-7-8-19(16-21)20-14-15-26-27(17-20)40-18-39-26/h3-17,28-31H,18H2,1-2H3,(H,34,35)/t28-,29?,30+,31-/m0/s1. The largest absolute Gasteiger partial charge is 0.496 e. The number of carbonyl (C=O) groups excluding carboxylic acids is 1. The molecule has 8 heteroatoms. The molecule has 0 bridgehead atoms. The van der Waals surface area contributed by atoms with E-state index in [0.717, 1.165) is 11.1 Å². The van der Waals surface area contributed by atoms with Gasteiger partial charge in [-0.15, -0.1) is 0 Å². The third-order valence-electron chi connectivity index (χ3n) is 7.86. The zero-order valence-corrected chi connectivity index (χ0v) is 22.5. The van der Waals surface area contributed by atoms with Gasteiger partial charge in [0.05, 0.1) is 26.1 Å². The van der Waals surface area contributed by atoms with Crippen molar-refractivity contribution in [3.05, 3.63) is 102 Å². The fourth-order valence-corrected chi connectivity index (χ4v) is 6.01. The number of carboxylic acids is 1. The lowest BCUT2D eigenvalue weighted by atomic mass is 9.52. The molecular formula is C33H28O8. The van der Waals surface area contributed by atoms with E-state index >= 15 is 0 Å². The molecule has 4 aromatic carbocycles. The minimum absolute atomic E-state index is 0.176. The number of fused-ring (bicyclic) bond motifs is 1. The summed E-state index contributed by atoms with van der Waals surface area (Å²) < 4.78 is 28.0. The Morgan fingerprint density at radius 1 is 0.707 bits per heavy atom. The molecule has 0 spiro atoms. The molecule has 1 aliphatic heterocycles. The van der Waals surface area contributed by atoms with Gasteiger partial charge in [0.1, 0.15) is 17.2 Å². The van der Waals surface area contributed by atoms with Crippen LogP contribution in [-0.2, 0) is 9.59 Å². The van der Waals surface area contributed by atoms with E-state index in [2.05, 4.69) is 0 Å². The van der Waals surface area contributed by atoms with Crippen molar-refractivity contribution in [1.29, 1.82) is 0 Å². The van der Waals surface area contributed by atoms with Gasteiger partial charge in [0.2, 0.25) is 6.79 Å². The highest BCUT2D eigenvalue weighted by molar-refractivity contribution is 5.86. The number of methoxy groups -OCH3 is 2. The average Bonchev–Trinajstić information content (AvgIpc) is 3.45. The SMILES string of the molecule is COc1ccccc1C1[C@@H](C(=O)Oc2cccc(-c3ccc4c(c3)OCO4)c2)[C@@H](c2ccccc2OC)[C@H]1C(=O)O. The molecule has 1 aliphatic carbocycles. The quantitative estimate of drug-likeness (QED) is 0.213. The van der Waals surface area contributed by atoms with E-state index in [1.807, 2.05) is 48.5 Å². The number of ether oxygens (including phenoxy) is 5. The molecule has 1 saturated carbocycles. The minimum Gasteiger partial charge on any atom is -0.496 e. The predicted octanol–water partition coefficient (Wildman–Crippen LogP) is 5.90. The molecule has 0 saturated heterocycles. The van der Waals surface area contributed by atoms with Crippen molar-refractivity contribution in [2.75, 3.05) is 21.0 Å². The summed E-state index contributed by atoms with van der Waals surface area (Å²) in [4.78, 5) is 26.7. The van der Waals surface area contributed by atoms with E-state index in [-0.39, 0.29) is 6.79 Å². The maximum atomic E-state index is 14.0. The molecule has 41 heavy (non-hydrogen) atoms. The highest BCUT2D eigenvalue weighted by atomic mass is 16.7. The van der Waals surface area contributed by atoms with E-state index < -0.39 is 35.6 Å². The molecule has 0 radical (unpaired) electrons. The zero-order valence-electron chi connectivity index (χ0n) is 22.5. The number of para-hydroxylation sites is 2. The van der Waals surface area contributed by atoms with Gasteiger partial charge in [-0.3, -0.25) is 9.59 Å². The summed E-state index contributed by atoms with van der Waals surface area (Å²) in [6, 6.07) is 27.2. The van der Waals surface area contributed by atoms with Crippen LogP contribution in [-0.4, -0.2) is 38.1 Å². The average molecular weight is 553 g/mol. The van der Waals surface area contributed by atoms with Crippen LogP contribution < -0.4 is 23.7 Å². The summed E-state index contributed by atoms with van der Waals surface area (Å²) in [5.74, 6) is -1.89. The van der Waals surface area contributed by atoms with Crippen molar-refractivity contribution in [2.24, 2.45) is 11.8 Å². The van der Waals surface area contributed by atoms with Crippen LogP contribution in [0.2, 0.25) is 0 Å². The predicted molar refractivity (Wildman–Crippen MR) is 150 cm³/mol. The summed E-state index contributed by atoms with van der Waals surface area (Å²) in [6.07, 6.45) is 0. The van der Waals surface area contributed by atoms with Crippen LogP contribution in [0.1, 0.15) is 23.0 Å². The number of aliphatic carboxylic acids is 1.